The minimum absolute atomic E-state index is 0.545. The highest BCUT2D eigenvalue weighted by Crippen LogP contribution is 2.33. The Hall–Kier alpha value is -1.91. The van der Waals surface area contributed by atoms with Gasteiger partial charge in [0.1, 0.15) is 5.82 Å². The zero-order chi connectivity index (χ0) is 17.9. The van der Waals surface area contributed by atoms with Gasteiger partial charge in [-0.05, 0) is 45.6 Å². The van der Waals surface area contributed by atoms with E-state index in [9.17, 15) is 0 Å². The molecule has 0 amide bonds. The first-order valence-electron chi connectivity index (χ1n) is 10.4. The standard InChI is InChI=1S/C21H31N5/c1-15-14-20(23-18-11-7-4-8-12-18)24-21(22-15)26-19(13-16(2)25-26)17-9-5-3-6-10-17/h13-14,17-18H,3-12H2,1-2H3,(H,22,23,24). The van der Waals surface area contributed by atoms with Gasteiger partial charge in [-0.1, -0.05) is 38.5 Å². The number of aromatic nitrogens is 4. The Balaban J connectivity index is 1.63. The highest BCUT2D eigenvalue weighted by atomic mass is 15.4. The SMILES string of the molecule is Cc1cc(NC2CCCCC2)nc(-n2nc(C)cc2C2CCCCC2)n1. The smallest absolute Gasteiger partial charge is 0.252 e. The average molecular weight is 354 g/mol. The van der Waals surface area contributed by atoms with E-state index in [1.807, 2.05) is 11.6 Å². The van der Waals surface area contributed by atoms with Crippen LogP contribution < -0.4 is 5.32 Å². The summed E-state index contributed by atoms with van der Waals surface area (Å²) < 4.78 is 2.00. The molecule has 0 atom stereocenters. The van der Waals surface area contributed by atoms with Gasteiger partial charge in [-0.3, -0.25) is 0 Å². The van der Waals surface area contributed by atoms with Gasteiger partial charge in [0.2, 0.25) is 0 Å². The summed E-state index contributed by atoms with van der Waals surface area (Å²) in [5, 5.41) is 8.39. The molecule has 0 saturated heterocycles. The van der Waals surface area contributed by atoms with E-state index in [4.69, 9.17) is 15.1 Å². The van der Waals surface area contributed by atoms with Crippen molar-refractivity contribution in [2.75, 3.05) is 5.32 Å². The van der Waals surface area contributed by atoms with Crippen LogP contribution in [-0.4, -0.2) is 25.8 Å². The molecule has 2 saturated carbocycles. The number of rotatable bonds is 4. The monoisotopic (exact) mass is 353 g/mol. The second-order valence-electron chi connectivity index (χ2n) is 8.13. The van der Waals surface area contributed by atoms with Gasteiger partial charge < -0.3 is 5.32 Å². The molecule has 5 heteroatoms. The molecule has 0 radical (unpaired) electrons. The van der Waals surface area contributed by atoms with Gasteiger partial charge in [0, 0.05) is 23.7 Å². The van der Waals surface area contributed by atoms with Crippen molar-refractivity contribution >= 4 is 5.82 Å². The Kier molecular flexibility index (Phi) is 5.23. The third-order valence-corrected chi connectivity index (χ3v) is 5.87. The van der Waals surface area contributed by atoms with Crippen molar-refractivity contribution in [2.24, 2.45) is 0 Å². The summed E-state index contributed by atoms with van der Waals surface area (Å²) in [5.41, 5.74) is 3.34. The van der Waals surface area contributed by atoms with Crippen molar-refractivity contribution in [3.63, 3.8) is 0 Å². The summed E-state index contributed by atoms with van der Waals surface area (Å²) in [4.78, 5) is 9.56. The molecule has 2 fully saturated rings. The van der Waals surface area contributed by atoms with Crippen LogP contribution in [0, 0.1) is 13.8 Å². The van der Waals surface area contributed by atoms with Crippen molar-refractivity contribution in [1.29, 1.82) is 0 Å². The number of anilines is 1. The van der Waals surface area contributed by atoms with E-state index < -0.39 is 0 Å². The number of hydrogen-bond donors (Lipinski definition) is 1. The van der Waals surface area contributed by atoms with Crippen molar-refractivity contribution in [2.45, 2.75) is 90.0 Å². The maximum Gasteiger partial charge on any atom is 0.252 e. The van der Waals surface area contributed by atoms with Crippen LogP contribution in [0.15, 0.2) is 12.1 Å². The Bertz CT molecular complexity index is 739. The van der Waals surface area contributed by atoms with Crippen molar-refractivity contribution in [3.8, 4) is 5.95 Å². The zero-order valence-corrected chi connectivity index (χ0v) is 16.2. The fourth-order valence-corrected chi connectivity index (χ4v) is 4.55. The van der Waals surface area contributed by atoms with Crippen LogP contribution >= 0.6 is 0 Å². The molecular weight excluding hydrogens is 322 g/mol. The zero-order valence-electron chi connectivity index (χ0n) is 16.2. The lowest BCUT2D eigenvalue weighted by Gasteiger charge is -2.24. The normalized spacial score (nSPS) is 19.6. The summed E-state index contributed by atoms with van der Waals surface area (Å²) >= 11 is 0. The molecule has 2 aliphatic rings. The van der Waals surface area contributed by atoms with E-state index >= 15 is 0 Å². The van der Waals surface area contributed by atoms with Crippen LogP contribution in [0.25, 0.3) is 5.95 Å². The number of hydrogen-bond acceptors (Lipinski definition) is 4. The second kappa shape index (κ2) is 7.77. The average Bonchev–Trinajstić information content (AvgIpc) is 3.05. The second-order valence-corrected chi connectivity index (χ2v) is 8.13. The Labute approximate surface area is 156 Å². The summed E-state index contributed by atoms with van der Waals surface area (Å²) in [5.74, 6) is 2.25. The molecular formula is C21H31N5. The number of aryl methyl sites for hydroxylation is 2. The van der Waals surface area contributed by atoms with Crippen molar-refractivity contribution in [3.05, 3.63) is 29.2 Å². The fraction of sp³-hybridized carbons (Fsp3) is 0.667. The lowest BCUT2D eigenvalue weighted by molar-refractivity contribution is 0.428. The molecule has 5 nitrogen and oxygen atoms in total. The molecule has 0 unspecified atom stereocenters. The maximum absolute atomic E-state index is 4.84. The third kappa shape index (κ3) is 3.92. The number of nitrogens with one attached hydrogen (secondary N) is 1. The van der Waals surface area contributed by atoms with Crippen LogP contribution in [0.2, 0.25) is 0 Å². The van der Waals surface area contributed by atoms with Gasteiger partial charge in [0.05, 0.1) is 11.4 Å². The molecule has 0 aliphatic heterocycles. The van der Waals surface area contributed by atoms with Crippen molar-refractivity contribution in [1.82, 2.24) is 19.7 Å². The van der Waals surface area contributed by atoms with Gasteiger partial charge in [-0.25, -0.2) is 9.67 Å². The Morgan fingerprint density at radius 1 is 0.846 bits per heavy atom. The third-order valence-electron chi connectivity index (χ3n) is 5.87. The van der Waals surface area contributed by atoms with Gasteiger partial charge in [0.25, 0.3) is 5.95 Å². The van der Waals surface area contributed by atoms with Crippen LogP contribution in [0.4, 0.5) is 5.82 Å². The summed E-state index contributed by atoms with van der Waals surface area (Å²) in [6.45, 7) is 4.12. The van der Waals surface area contributed by atoms with Crippen molar-refractivity contribution < 1.29 is 0 Å². The predicted octanol–water partition coefficient (Wildman–Crippen LogP) is 5.07. The molecule has 2 heterocycles. The molecule has 0 bridgehead atoms. The molecule has 4 rings (SSSR count). The molecule has 0 spiro atoms. The largest absolute Gasteiger partial charge is 0.367 e. The highest BCUT2D eigenvalue weighted by molar-refractivity contribution is 5.40. The van der Waals surface area contributed by atoms with Gasteiger partial charge in [-0.15, -0.1) is 0 Å². The molecule has 2 aromatic heterocycles. The topological polar surface area (TPSA) is 55.6 Å². The fourth-order valence-electron chi connectivity index (χ4n) is 4.55. The summed E-state index contributed by atoms with van der Waals surface area (Å²) in [7, 11) is 0. The minimum atomic E-state index is 0.545. The van der Waals surface area contributed by atoms with E-state index in [0.717, 1.165) is 23.2 Å². The van der Waals surface area contributed by atoms with E-state index in [-0.39, 0.29) is 0 Å². The minimum Gasteiger partial charge on any atom is -0.367 e. The van der Waals surface area contributed by atoms with E-state index in [1.165, 1.54) is 69.9 Å². The molecule has 2 aliphatic carbocycles. The van der Waals surface area contributed by atoms with Crippen LogP contribution in [0.3, 0.4) is 0 Å². The highest BCUT2D eigenvalue weighted by Gasteiger charge is 2.22. The summed E-state index contributed by atoms with van der Waals surface area (Å²) in [6.07, 6.45) is 13.0. The lowest BCUT2D eigenvalue weighted by atomic mass is 9.87. The van der Waals surface area contributed by atoms with Crippen LogP contribution in [-0.2, 0) is 0 Å². The molecule has 2 aromatic rings. The van der Waals surface area contributed by atoms with E-state index in [0.29, 0.717) is 12.0 Å². The van der Waals surface area contributed by atoms with E-state index in [2.05, 4.69) is 24.4 Å². The first-order valence-corrected chi connectivity index (χ1v) is 10.4. The lowest BCUT2D eigenvalue weighted by Crippen LogP contribution is -2.23. The van der Waals surface area contributed by atoms with Gasteiger partial charge >= 0.3 is 0 Å². The molecule has 26 heavy (non-hydrogen) atoms. The van der Waals surface area contributed by atoms with Crippen LogP contribution in [0.1, 0.15) is 87.2 Å². The Morgan fingerprint density at radius 3 is 2.27 bits per heavy atom. The van der Waals surface area contributed by atoms with E-state index in [1.54, 1.807) is 0 Å². The molecule has 1 N–H and O–H groups in total. The molecule has 0 aromatic carbocycles. The number of nitrogens with zero attached hydrogens (tertiary/aromatic N) is 4. The quantitative estimate of drug-likeness (QED) is 0.833. The van der Waals surface area contributed by atoms with Gasteiger partial charge in [-0.2, -0.15) is 10.1 Å². The molecule has 140 valence electrons. The van der Waals surface area contributed by atoms with Gasteiger partial charge in [0.15, 0.2) is 0 Å². The Morgan fingerprint density at radius 2 is 1.54 bits per heavy atom. The first kappa shape index (κ1) is 17.5. The summed E-state index contributed by atoms with van der Waals surface area (Å²) in [6, 6.07) is 4.84. The predicted molar refractivity (Wildman–Crippen MR) is 105 cm³/mol. The first-order chi connectivity index (χ1) is 12.7. The van der Waals surface area contributed by atoms with Crippen LogP contribution in [0.5, 0.6) is 0 Å². The maximum atomic E-state index is 4.84.